The summed E-state index contributed by atoms with van der Waals surface area (Å²) >= 11 is 3.45. The van der Waals surface area contributed by atoms with Crippen LogP contribution >= 0.6 is 15.9 Å². The van der Waals surface area contributed by atoms with E-state index in [2.05, 4.69) is 64.0 Å². The number of halogens is 1. The van der Waals surface area contributed by atoms with Crippen LogP contribution in [0, 0.1) is 5.41 Å². The van der Waals surface area contributed by atoms with Gasteiger partial charge in [0.25, 0.3) is 0 Å². The number of nitrogens with zero attached hydrogens (tertiary/aromatic N) is 2. The molecule has 0 spiro atoms. The molecular formula is C14H22BrN3. The molecule has 1 aromatic heterocycles. The van der Waals surface area contributed by atoms with Crippen molar-refractivity contribution in [2.24, 2.45) is 5.41 Å². The molecule has 4 heteroatoms. The Bertz CT molecular complexity index is 377. The molecule has 0 amide bonds. The predicted molar refractivity (Wildman–Crippen MR) is 78.6 cm³/mol. The van der Waals surface area contributed by atoms with Gasteiger partial charge in [-0.1, -0.05) is 20.8 Å². The number of hydrogen-bond acceptors (Lipinski definition) is 3. The van der Waals surface area contributed by atoms with Crippen molar-refractivity contribution in [3.63, 3.8) is 0 Å². The van der Waals surface area contributed by atoms with Crippen molar-refractivity contribution in [1.82, 2.24) is 15.2 Å². The lowest BCUT2D eigenvalue weighted by Gasteiger charge is -2.41. The minimum atomic E-state index is 0.193. The van der Waals surface area contributed by atoms with Crippen molar-refractivity contribution in [2.45, 2.75) is 26.8 Å². The summed E-state index contributed by atoms with van der Waals surface area (Å²) in [5.74, 6) is 0. The van der Waals surface area contributed by atoms with Crippen molar-refractivity contribution < 1.29 is 0 Å². The fourth-order valence-electron chi connectivity index (χ4n) is 2.67. The standard InChI is InChI=1S/C14H22BrN3/c1-14(2,3)13(18-8-6-16-7-9-18)12-5-4-11(15)10-17-12/h4-5,10,13,16H,6-9H2,1-3H3/t13-/m1/s1. The second-order valence-electron chi connectivity index (χ2n) is 5.96. The number of rotatable bonds is 2. The van der Waals surface area contributed by atoms with Crippen molar-refractivity contribution in [2.75, 3.05) is 26.2 Å². The molecule has 0 unspecified atom stereocenters. The summed E-state index contributed by atoms with van der Waals surface area (Å²) in [6.45, 7) is 11.2. The van der Waals surface area contributed by atoms with Gasteiger partial charge in [-0.3, -0.25) is 9.88 Å². The molecule has 1 fully saturated rings. The Morgan fingerprint density at radius 2 is 1.94 bits per heavy atom. The Labute approximate surface area is 118 Å². The molecular weight excluding hydrogens is 290 g/mol. The van der Waals surface area contributed by atoms with E-state index in [1.54, 1.807) is 0 Å². The SMILES string of the molecule is CC(C)(C)[C@@H](c1ccc(Br)cn1)N1CCNCC1. The van der Waals surface area contributed by atoms with Crippen LogP contribution in [0.1, 0.15) is 32.5 Å². The molecule has 1 aromatic rings. The molecule has 0 radical (unpaired) electrons. The fraction of sp³-hybridized carbons (Fsp3) is 0.643. The molecule has 1 aliphatic heterocycles. The molecule has 18 heavy (non-hydrogen) atoms. The van der Waals surface area contributed by atoms with Crippen LogP contribution in [0.5, 0.6) is 0 Å². The van der Waals surface area contributed by atoms with Crippen LogP contribution in [0.4, 0.5) is 0 Å². The summed E-state index contributed by atoms with van der Waals surface area (Å²) in [4.78, 5) is 7.16. The average Bonchev–Trinajstić information content (AvgIpc) is 2.32. The molecule has 100 valence electrons. The first kappa shape index (κ1) is 14.0. The lowest BCUT2D eigenvalue weighted by atomic mass is 9.83. The zero-order valence-electron chi connectivity index (χ0n) is 11.4. The normalized spacial score (nSPS) is 19.8. The molecule has 0 aromatic carbocycles. The summed E-state index contributed by atoms with van der Waals surface area (Å²) < 4.78 is 1.04. The Kier molecular flexibility index (Phi) is 4.41. The Hall–Kier alpha value is -0.450. The van der Waals surface area contributed by atoms with Crippen LogP contribution in [-0.2, 0) is 0 Å². The van der Waals surface area contributed by atoms with Gasteiger partial charge >= 0.3 is 0 Å². The van der Waals surface area contributed by atoms with Gasteiger partial charge in [-0.05, 0) is 33.5 Å². The minimum absolute atomic E-state index is 0.193. The van der Waals surface area contributed by atoms with Crippen LogP contribution < -0.4 is 5.32 Å². The average molecular weight is 312 g/mol. The molecule has 3 nitrogen and oxygen atoms in total. The van der Waals surface area contributed by atoms with Gasteiger partial charge in [-0.25, -0.2) is 0 Å². The molecule has 0 saturated carbocycles. The maximum Gasteiger partial charge on any atom is 0.0581 e. The number of pyridine rings is 1. The van der Waals surface area contributed by atoms with Gasteiger partial charge < -0.3 is 5.32 Å². The van der Waals surface area contributed by atoms with Crippen LogP contribution in [-0.4, -0.2) is 36.1 Å². The molecule has 0 aliphatic carbocycles. The topological polar surface area (TPSA) is 28.2 Å². The minimum Gasteiger partial charge on any atom is -0.314 e. The van der Waals surface area contributed by atoms with Gasteiger partial charge in [-0.2, -0.15) is 0 Å². The lowest BCUT2D eigenvalue weighted by molar-refractivity contribution is 0.0831. The second-order valence-corrected chi connectivity index (χ2v) is 6.87. The van der Waals surface area contributed by atoms with E-state index in [4.69, 9.17) is 0 Å². The monoisotopic (exact) mass is 311 g/mol. The van der Waals surface area contributed by atoms with Gasteiger partial charge in [0.05, 0.1) is 11.7 Å². The molecule has 1 atom stereocenters. The van der Waals surface area contributed by atoms with E-state index in [9.17, 15) is 0 Å². The van der Waals surface area contributed by atoms with E-state index in [-0.39, 0.29) is 5.41 Å². The van der Waals surface area contributed by atoms with Gasteiger partial charge in [0.2, 0.25) is 0 Å². The van der Waals surface area contributed by atoms with E-state index in [0.717, 1.165) is 30.7 Å². The smallest absolute Gasteiger partial charge is 0.0581 e. The first-order chi connectivity index (χ1) is 8.48. The molecule has 2 rings (SSSR count). The summed E-state index contributed by atoms with van der Waals surface area (Å²) in [6, 6.07) is 4.61. The molecule has 1 N–H and O–H groups in total. The van der Waals surface area contributed by atoms with Crippen molar-refractivity contribution in [3.8, 4) is 0 Å². The van der Waals surface area contributed by atoms with Crippen molar-refractivity contribution in [3.05, 3.63) is 28.5 Å². The number of piperazine rings is 1. The Morgan fingerprint density at radius 1 is 1.28 bits per heavy atom. The highest BCUT2D eigenvalue weighted by atomic mass is 79.9. The first-order valence-corrected chi connectivity index (χ1v) is 7.34. The number of nitrogens with one attached hydrogen (secondary N) is 1. The van der Waals surface area contributed by atoms with E-state index in [1.807, 2.05) is 6.20 Å². The van der Waals surface area contributed by atoms with E-state index in [0.29, 0.717) is 6.04 Å². The third-order valence-electron chi connectivity index (χ3n) is 3.37. The number of hydrogen-bond donors (Lipinski definition) is 1. The largest absolute Gasteiger partial charge is 0.314 e. The van der Waals surface area contributed by atoms with Gasteiger partial charge in [0, 0.05) is 36.8 Å². The van der Waals surface area contributed by atoms with E-state index >= 15 is 0 Å². The molecule has 2 heterocycles. The summed E-state index contributed by atoms with van der Waals surface area (Å²) in [7, 11) is 0. The van der Waals surface area contributed by atoms with E-state index < -0.39 is 0 Å². The highest BCUT2D eigenvalue weighted by Gasteiger charge is 2.33. The predicted octanol–water partition coefficient (Wildman–Crippen LogP) is 2.84. The maximum absolute atomic E-state index is 4.61. The van der Waals surface area contributed by atoms with Crippen molar-refractivity contribution in [1.29, 1.82) is 0 Å². The highest BCUT2D eigenvalue weighted by Crippen LogP contribution is 2.37. The molecule has 0 bridgehead atoms. The summed E-state index contributed by atoms with van der Waals surface area (Å²) in [5.41, 5.74) is 1.37. The highest BCUT2D eigenvalue weighted by molar-refractivity contribution is 9.10. The zero-order chi connectivity index (χ0) is 13.2. The van der Waals surface area contributed by atoms with Crippen LogP contribution in [0.15, 0.2) is 22.8 Å². The fourth-order valence-corrected chi connectivity index (χ4v) is 2.90. The van der Waals surface area contributed by atoms with Crippen LogP contribution in [0.25, 0.3) is 0 Å². The third kappa shape index (κ3) is 3.31. The molecule has 1 saturated heterocycles. The van der Waals surface area contributed by atoms with Gasteiger partial charge in [0.15, 0.2) is 0 Å². The van der Waals surface area contributed by atoms with Crippen molar-refractivity contribution >= 4 is 15.9 Å². The second kappa shape index (κ2) is 5.68. The van der Waals surface area contributed by atoms with Gasteiger partial charge in [-0.15, -0.1) is 0 Å². The number of aromatic nitrogens is 1. The lowest BCUT2D eigenvalue weighted by Crippen LogP contribution is -2.48. The van der Waals surface area contributed by atoms with Crippen LogP contribution in [0.2, 0.25) is 0 Å². The first-order valence-electron chi connectivity index (χ1n) is 6.55. The molecule has 1 aliphatic rings. The zero-order valence-corrected chi connectivity index (χ0v) is 13.0. The van der Waals surface area contributed by atoms with Gasteiger partial charge in [0.1, 0.15) is 0 Å². The summed E-state index contributed by atoms with van der Waals surface area (Å²) in [5, 5.41) is 3.41. The van der Waals surface area contributed by atoms with Crippen LogP contribution in [0.3, 0.4) is 0 Å². The maximum atomic E-state index is 4.61. The Balaban J connectivity index is 2.27. The quantitative estimate of drug-likeness (QED) is 0.910. The van der Waals surface area contributed by atoms with E-state index in [1.165, 1.54) is 5.69 Å². The Morgan fingerprint density at radius 3 is 2.44 bits per heavy atom. The summed E-state index contributed by atoms with van der Waals surface area (Å²) in [6.07, 6.45) is 1.90. The third-order valence-corrected chi connectivity index (χ3v) is 3.84.